The predicted octanol–water partition coefficient (Wildman–Crippen LogP) is -0.0796. The van der Waals surface area contributed by atoms with E-state index in [1.165, 1.54) is 11.3 Å². The van der Waals surface area contributed by atoms with Crippen molar-refractivity contribution in [2.75, 3.05) is 11.5 Å². The molecule has 0 atom stereocenters. The van der Waals surface area contributed by atoms with Crippen molar-refractivity contribution in [3.8, 4) is 0 Å². The Labute approximate surface area is 71.3 Å². The quantitative estimate of drug-likeness (QED) is 0.596. The minimum absolute atomic E-state index is 0.00546. The number of anilines is 2. The molecule has 0 aromatic carbocycles. The molecule has 62 valence electrons. The van der Waals surface area contributed by atoms with Crippen molar-refractivity contribution < 1.29 is 0 Å². The highest BCUT2D eigenvalue weighted by molar-refractivity contribution is 7.15. The molecule has 5 nitrogen and oxygen atoms in total. The monoisotopic (exact) mass is 182 g/mol. The molecular formula is C6H6N4OS. The lowest BCUT2D eigenvalue weighted by atomic mass is 10.5. The number of hydrogen-bond acceptors (Lipinski definition) is 5. The maximum atomic E-state index is 11.0. The molecular weight excluding hydrogens is 176 g/mol. The number of nitrogens with zero attached hydrogens (tertiary/aromatic N) is 2. The van der Waals surface area contributed by atoms with Gasteiger partial charge in [-0.2, -0.15) is 4.98 Å². The van der Waals surface area contributed by atoms with E-state index in [0.717, 1.165) is 0 Å². The zero-order chi connectivity index (χ0) is 8.72. The summed E-state index contributed by atoms with van der Waals surface area (Å²) in [5.41, 5.74) is 10.5. The first-order valence-corrected chi connectivity index (χ1v) is 4.09. The summed E-state index contributed by atoms with van der Waals surface area (Å²) < 4.78 is 1.58. The van der Waals surface area contributed by atoms with E-state index in [0.29, 0.717) is 4.96 Å². The standard InChI is InChI=1S/C6H6N4OS/c7-3-4(8)10-1-2-12-6(10)9-5(3)11/h1-2H,7-8H2. The maximum absolute atomic E-state index is 11.0. The van der Waals surface area contributed by atoms with Crippen molar-refractivity contribution in [2.45, 2.75) is 0 Å². The van der Waals surface area contributed by atoms with Crippen LogP contribution in [0.25, 0.3) is 4.96 Å². The van der Waals surface area contributed by atoms with Gasteiger partial charge in [0.15, 0.2) is 4.96 Å². The number of fused-ring (bicyclic) bond motifs is 1. The molecule has 2 rings (SSSR count). The van der Waals surface area contributed by atoms with Crippen molar-refractivity contribution in [3.05, 3.63) is 21.9 Å². The molecule has 6 heteroatoms. The Morgan fingerprint density at radius 2 is 2.25 bits per heavy atom. The number of rotatable bonds is 0. The SMILES string of the molecule is Nc1c(N)n2ccsc2nc1=O. The fraction of sp³-hybridized carbons (Fsp3) is 0. The second-order valence-electron chi connectivity index (χ2n) is 2.27. The lowest BCUT2D eigenvalue weighted by Crippen LogP contribution is -2.16. The van der Waals surface area contributed by atoms with Crippen LogP contribution in [0.4, 0.5) is 11.5 Å². The molecule has 0 amide bonds. The zero-order valence-electron chi connectivity index (χ0n) is 6.02. The summed E-state index contributed by atoms with van der Waals surface area (Å²) in [5, 5.41) is 1.79. The molecule has 0 radical (unpaired) electrons. The van der Waals surface area contributed by atoms with Crippen molar-refractivity contribution in [1.82, 2.24) is 9.38 Å². The second kappa shape index (κ2) is 2.21. The Morgan fingerprint density at radius 3 is 3.00 bits per heavy atom. The van der Waals surface area contributed by atoms with Gasteiger partial charge in [-0.15, -0.1) is 11.3 Å². The number of thiazole rings is 1. The average Bonchev–Trinajstić information content (AvgIpc) is 2.48. The van der Waals surface area contributed by atoms with E-state index in [2.05, 4.69) is 4.98 Å². The van der Waals surface area contributed by atoms with Crippen LogP contribution >= 0.6 is 11.3 Å². The van der Waals surface area contributed by atoms with Crippen LogP contribution in [-0.4, -0.2) is 9.38 Å². The Kier molecular flexibility index (Phi) is 1.31. The van der Waals surface area contributed by atoms with Gasteiger partial charge < -0.3 is 11.5 Å². The summed E-state index contributed by atoms with van der Waals surface area (Å²) in [6.07, 6.45) is 1.72. The van der Waals surface area contributed by atoms with Crippen molar-refractivity contribution in [1.29, 1.82) is 0 Å². The molecule has 0 saturated heterocycles. The summed E-state index contributed by atoms with van der Waals surface area (Å²) in [7, 11) is 0. The highest BCUT2D eigenvalue weighted by atomic mass is 32.1. The van der Waals surface area contributed by atoms with Crippen LogP contribution in [0.5, 0.6) is 0 Å². The Morgan fingerprint density at radius 1 is 1.50 bits per heavy atom. The van der Waals surface area contributed by atoms with Gasteiger partial charge >= 0.3 is 0 Å². The van der Waals surface area contributed by atoms with E-state index in [1.54, 1.807) is 16.0 Å². The first kappa shape index (κ1) is 7.11. The van der Waals surface area contributed by atoms with Gasteiger partial charge in [-0.3, -0.25) is 9.20 Å². The fourth-order valence-corrected chi connectivity index (χ4v) is 1.64. The van der Waals surface area contributed by atoms with E-state index in [-0.39, 0.29) is 11.5 Å². The lowest BCUT2D eigenvalue weighted by Gasteiger charge is -1.99. The molecule has 0 aliphatic heterocycles. The molecule has 0 saturated carbocycles. The molecule has 2 aromatic heterocycles. The number of nitrogens with two attached hydrogens (primary N) is 2. The van der Waals surface area contributed by atoms with Gasteiger partial charge in [0.1, 0.15) is 11.5 Å². The van der Waals surface area contributed by atoms with Gasteiger partial charge in [0.05, 0.1) is 0 Å². The van der Waals surface area contributed by atoms with Crippen molar-refractivity contribution >= 4 is 27.8 Å². The van der Waals surface area contributed by atoms with Crippen LogP contribution in [-0.2, 0) is 0 Å². The van der Waals surface area contributed by atoms with Gasteiger partial charge in [-0.25, -0.2) is 0 Å². The molecule has 0 spiro atoms. The van der Waals surface area contributed by atoms with E-state index in [1.807, 2.05) is 0 Å². The average molecular weight is 182 g/mol. The molecule has 0 aliphatic carbocycles. The minimum atomic E-state index is -0.463. The van der Waals surface area contributed by atoms with Crippen LogP contribution < -0.4 is 17.0 Å². The third-order valence-corrected chi connectivity index (χ3v) is 2.31. The van der Waals surface area contributed by atoms with Crippen molar-refractivity contribution in [3.63, 3.8) is 0 Å². The van der Waals surface area contributed by atoms with Gasteiger partial charge in [0, 0.05) is 11.6 Å². The molecule has 12 heavy (non-hydrogen) atoms. The van der Waals surface area contributed by atoms with Crippen molar-refractivity contribution in [2.24, 2.45) is 0 Å². The maximum Gasteiger partial charge on any atom is 0.299 e. The molecule has 2 heterocycles. The molecule has 0 aliphatic rings. The predicted molar refractivity (Wildman–Crippen MR) is 48.2 cm³/mol. The summed E-state index contributed by atoms with van der Waals surface area (Å²) >= 11 is 1.34. The summed E-state index contributed by atoms with van der Waals surface area (Å²) in [6.45, 7) is 0. The summed E-state index contributed by atoms with van der Waals surface area (Å²) in [5.74, 6) is 0.256. The molecule has 0 bridgehead atoms. The van der Waals surface area contributed by atoms with Crippen LogP contribution in [0.1, 0.15) is 0 Å². The smallest absolute Gasteiger partial charge is 0.299 e. The molecule has 4 N–H and O–H groups in total. The Hall–Kier alpha value is -1.56. The third kappa shape index (κ3) is 0.782. The van der Waals surface area contributed by atoms with Gasteiger partial charge in [-0.05, 0) is 0 Å². The first-order chi connectivity index (χ1) is 5.70. The van der Waals surface area contributed by atoms with Crippen LogP contribution in [0.2, 0.25) is 0 Å². The van der Waals surface area contributed by atoms with E-state index < -0.39 is 5.56 Å². The largest absolute Gasteiger partial charge is 0.391 e. The van der Waals surface area contributed by atoms with Crippen LogP contribution in [0, 0.1) is 0 Å². The van der Waals surface area contributed by atoms with Gasteiger partial charge in [-0.1, -0.05) is 0 Å². The van der Waals surface area contributed by atoms with E-state index in [4.69, 9.17) is 11.5 Å². The summed E-state index contributed by atoms with van der Waals surface area (Å²) in [4.78, 5) is 15.3. The number of nitrogen functional groups attached to an aromatic ring is 2. The van der Waals surface area contributed by atoms with Gasteiger partial charge in [0.2, 0.25) is 0 Å². The zero-order valence-corrected chi connectivity index (χ0v) is 6.84. The highest BCUT2D eigenvalue weighted by Crippen LogP contribution is 2.14. The topological polar surface area (TPSA) is 86.4 Å². The van der Waals surface area contributed by atoms with E-state index in [9.17, 15) is 4.79 Å². The number of hydrogen-bond donors (Lipinski definition) is 2. The normalized spacial score (nSPS) is 10.7. The lowest BCUT2D eigenvalue weighted by molar-refractivity contribution is 1.13. The fourth-order valence-electron chi connectivity index (χ4n) is 0.923. The van der Waals surface area contributed by atoms with Crippen LogP contribution in [0.15, 0.2) is 16.4 Å². The number of aromatic nitrogens is 2. The van der Waals surface area contributed by atoms with E-state index >= 15 is 0 Å². The summed E-state index contributed by atoms with van der Waals surface area (Å²) in [6, 6.07) is 0. The van der Waals surface area contributed by atoms with Gasteiger partial charge in [0.25, 0.3) is 5.56 Å². The Bertz CT molecular complexity index is 486. The van der Waals surface area contributed by atoms with Crippen LogP contribution in [0.3, 0.4) is 0 Å². The molecule has 0 unspecified atom stereocenters. The first-order valence-electron chi connectivity index (χ1n) is 3.21. The molecule has 2 aromatic rings. The minimum Gasteiger partial charge on any atom is -0.391 e. The second-order valence-corrected chi connectivity index (χ2v) is 3.14. The highest BCUT2D eigenvalue weighted by Gasteiger charge is 2.06. The third-order valence-electron chi connectivity index (χ3n) is 1.55. The Balaban J connectivity index is 3.04. The molecule has 0 fully saturated rings.